The molecule has 4 rings (SSSR count). The molecule has 0 saturated carbocycles. The van der Waals surface area contributed by atoms with Crippen LogP contribution in [0.2, 0.25) is 0 Å². The van der Waals surface area contributed by atoms with Crippen molar-refractivity contribution in [1.82, 2.24) is 19.9 Å². The second-order valence-corrected chi connectivity index (χ2v) is 7.75. The first-order valence-electron chi connectivity index (χ1n) is 10.3. The van der Waals surface area contributed by atoms with Crippen LogP contribution < -0.4 is 10.1 Å². The van der Waals surface area contributed by atoms with Gasteiger partial charge in [-0.25, -0.2) is 9.50 Å². The van der Waals surface area contributed by atoms with E-state index in [0.717, 1.165) is 34.7 Å². The molecule has 0 bridgehead atoms. The van der Waals surface area contributed by atoms with Crippen molar-refractivity contribution in [2.45, 2.75) is 33.7 Å². The number of carbonyl (C=O) groups is 1. The van der Waals surface area contributed by atoms with Crippen LogP contribution in [0.15, 0.2) is 54.7 Å². The first-order chi connectivity index (χ1) is 15.0. The van der Waals surface area contributed by atoms with Crippen molar-refractivity contribution >= 4 is 11.6 Å². The number of fused-ring (bicyclic) bond motifs is 1. The van der Waals surface area contributed by atoms with Crippen molar-refractivity contribution in [3.63, 3.8) is 0 Å². The Balaban J connectivity index is 1.58. The normalized spacial score (nSPS) is 11.0. The number of hydrogen-bond donors (Lipinski definition) is 1. The van der Waals surface area contributed by atoms with Crippen molar-refractivity contribution in [2.75, 3.05) is 7.11 Å². The summed E-state index contributed by atoms with van der Waals surface area (Å²) >= 11 is 0. The zero-order valence-corrected chi connectivity index (χ0v) is 18.3. The number of amides is 1. The average molecular weight is 415 g/mol. The van der Waals surface area contributed by atoms with E-state index in [0.29, 0.717) is 17.8 Å². The third-order valence-corrected chi connectivity index (χ3v) is 5.54. The summed E-state index contributed by atoms with van der Waals surface area (Å²) in [7, 11) is 1.63. The lowest BCUT2D eigenvalue weighted by atomic mass is 10.0. The Labute approximate surface area is 181 Å². The Morgan fingerprint density at radius 2 is 1.84 bits per heavy atom. The maximum Gasteiger partial charge on any atom is 0.257 e. The molecule has 158 valence electrons. The van der Waals surface area contributed by atoms with Gasteiger partial charge in [-0.15, -0.1) is 0 Å². The molecule has 0 aliphatic heterocycles. The van der Waals surface area contributed by atoms with E-state index in [2.05, 4.69) is 41.6 Å². The molecule has 2 aromatic heterocycles. The molecule has 1 amide bonds. The monoisotopic (exact) mass is 414 g/mol. The van der Waals surface area contributed by atoms with Gasteiger partial charge in [0.05, 0.1) is 13.3 Å². The van der Waals surface area contributed by atoms with Gasteiger partial charge in [-0.05, 0) is 49.6 Å². The lowest BCUT2D eigenvalue weighted by Gasteiger charge is -2.12. The molecule has 0 radical (unpaired) electrons. The molecule has 0 spiro atoms. The van der Waals surface area contributed by atoms with Gasteiger partial charge in [0.2, 0.25) is 0 Å². The maximum absolute atomic E-state index is 12.8. The Kier molecular flexibility index (Phi) is 5.71. The molecule has 6 nitrogen and oxygen atoms in total. The molecule has 0 fully saturated rings. The number of methoxy groups -OCH3 is 1. The van der Waals surface area contributed by atoms with Gasteiger partial charge in [0.25, 0.3) is 5.91 Å². The fraction of sp³-hybridized carbons (Fsp3) is 0.240. The van der Waals surface area contributed by atoms with Gasteiger partial charge in [-0.3, -0.25) is 4.79 Å². The van der Waals surface area contributed by atoms with Crippen LogP contribution in [-0.4, -0.2) is 27.6 Å². The molecule has 6 heteroatoms. The number of nitrogens with one attached hydrogen (secondary N) is 1. The van der Waals surface area contributed by atoms with Crippen molar-refractivity contribution < 1.29 is 9.53 Å². The largest absolute Gasteiger partial charge is 0.497 e. The van der Waals surface area contributed by atoms with Crippen LogP contribution >= 0.6 is 0 Å². The van der Waals surface area contributed by atoms with Crippen LogP contribution in [0.25, 0.3) is 5.65 Å². The standard InChI is InChI=1S/C25H26N4O2/c1-16-8-10-19(11-9-16)13-22-17(2)28-24-23(15-27-29(24)18(22)3)25(30)26-14-20-6-5-7-21(12-20)31-4/h5-12,15H,13-14H2,1-4H3,(H,26,30). The van der Waals surface area contributed by atoms with Gasteiger partial charge < -0.3 is 10.1 Å². The van der Waals surface area contributed by atoms with Crippen LogP contribution in [-0.2, 0) is 13.0 Å². The molecule has 0 atom stereocenters. The van der Waals surface area contributed by atoms with Crippen molar-refractivity contribution in [2.24, 2.45) is 0 Å². The van der Waals surface area contributed by atoms with Gasteiger partial charge in [0, 0.05) is 24.4 Å². The number of carbonyl (C=O) groups excluding carboxylic acids is 1. The molecule has 4 aromatic rings. The van der Waals surface area contributed by atoms with Crippen LogP contribution in [0.4, 0.5) is 0 Å². The van der Waals surface area contributed by atoms with E-state index >= 15 is 0 Å². The van der Waals surface area contributed by atoms with E-state index in [1.807, 2.05) is 38.1 Å². The van der Waals surface area contributed by atoms with Crippen LogP contribution in [0, 0.1) is 20.8 Å². The van der Waals surface area contributed by atoms with E-state index in [9.17, 15) is 4.79 Å². The first-order valence-corrected chi connectivity index (χ1v) is 10.3. The maximum atomic E-state index is 12.8. The molecule has 2 aromatic carbocycles. The zero-order chi connectivity index (χ0) is 22.0. The lowest BCUT2D eigenvalue weighted by Crippen LogP contribution is -2.23. The molecular weight excluding hydrogens is 388 g/mol. The zero-order valence-electron chi connectivity index (χ0n) is 18.3. The number of hydrogen-bond acceptors (Lipinski definition) is 4. The Morgan fingerprint density at radius 1 is 1.06 bits per heavy atom. The molecule has 0 saturated heterocycles. The Morgan fingerprint density at radius 3 is 2.58 bits per heavy atom. The lowest BCUT2D eigenvalue weighted by molar-refractivity contribution is 0.0952. The summed E-state index contributed by atoms with van der Waals surface area (Å²) in [6, 6.07) is 16.1. The smallest absolute Gasteiger partial charge is 0.257 e. The summed E-state index contributed by atoms with van der Waals surface area (Å²) < 4.78 is 7.00. The molecule has 0 aliphatic carbocycles. The quantitative estimate of drug-likeness (QED) is 0.514. The van der Waals surface area contributed by atoms with Gasteiger partial charge in [0.15, 0.2) is 5.65 Å². The Hall–Kier alpha value is -3.67. The molecule has 0 aliphatic rings. The Bertz CT molecular complexity index is 1240. The highest BCUT2D eigenvalue weighted by Gasteiger charge is 2.18. The second kappa shape index (κ2) is 8.60. The molecule has 1 N–H and O–H groups in total. The summed E-state index contributed by atoms with van der Waals surface area (Å²) in [5.74, 6) is 0.562. The minimum atomic E-state index is -0.199. The number of aryl methyl sites for hydroxylation is 3. The highest BCUT2D eigenvalue weighted by atomic mass is 16.5. The van der Waals surface area contributed by atoms with E-state index < -0.39 is 0 Å². The third kappa shape index (κ3) is 4.28. The third-order valence-electron chi connectivity index (χ3n) is 5.54. The first kappa shape index (κ1) is 20.6. The minimum absolute atomic E-state index is 0.199. The number of rotatable bonds is 6. The molecule has 0 unspecified atom stereocenters. The summed E-state index contributed by atoms with van der Waals surface area (Å²) in [5.41, 5.74) is 7.50. The van der Waals surface area contributed by atoms with E-state index in [4.69, 9.17) is 9.72 Å². The van der Waals surface area contributed by atoms with Crippen LogP contribution in [0.3, 0.4) is 0 Å². The highest BCUT2D eigenvalue weighted by Crippen LogP contribution is 2.21. The number of nitrogens with zero attached hydrogens (tertiary/aromatic N) is 3. The van der Waals surface area contributed by atoms with E-state index in [-0.39, 0.29) is 5.91 Å². The molecule has 31 heavy (non-hydrogen) atoms. The molecule has 2 heterocycles. The summed E-state index contributed by atoms with van der Waals surface area (Å²) in [6.45, 7) is 6.49. The van der Waals surface area contributed by atoms with Crippen molar-refractivity contribution in [3.05, 3.63) is 93.9 Å². The van der Waals surface area contributed by atoms with E-state index in [1.165, 1.54) is 11.1 Å². The van der Waals surface area contributed by atoms with E-state index in [1.54, 1.807) is 17.8 Å². The SMILES string of the molecule is COc1cccc(CNC(=O)c2cnn3c(C)c(Cc4ccc(C)cc4)c(C)nc23)c1. The fourth-order valence-electron chi connectivity index (χ4n) is 3.70. The second-order valence-electron chi connectivity index (χ2n) is 7.75. The van der Waals surface area contributed by atoms with Gasteiger partial charge in [-0.1, -0.05) is 42.0 Å². The number of benzene rings is 2. The summed E-state index contributed by atoms with van der Waals surface area (Å²) in [5, 5.41) is 7.41. The van der Waals surface area contributed by atoms with Crippen molar-refractivity contribution in [1.29, 1.82) is 0 Å². The van der Waals surface area contributed by atoms with Gasteiger partial charge in [0.1, 0.15) is 11.3 Å². The van der Waals surface area contributed by atoms with Crippen molar-refractivity contribution in [3.8, 4) is 5.75 Å². The molecular formula is C25H26N4O2. The summed E-state index contributed by atoms with van der Waals surface area (Å²) in [4.78, 5) is 17.6. The van der Waals surface area contributed by atoms with Gasteiger partial charge in [-0.2, -0.15) is 5.10 Å². The van der Waals surface area contributed by atoms with Crippen LogP contribution in [0.1, 0.15) is 44.0 Å². The highest BCUT2D eigenvalue weighted by molar-refractivity contribution is 5.99. The minimum Gasteiger partial charge on any atom is -0.497 e. The predicted molar refractivity (Wildman–Crippen MR) is 121 cm³/mol. The van der Waals surface area contributed by atoms with Gasteiger partial charge >= 0.3 is 0 Å². The topological polar surface area (TPSA) is 68.5 Å². The van der Waals surface area contributed by atoms with Crippen LogP contribution in [0.5, 0.6) is 5.75 Å². The number of ether oxygens (including phenoxy) is 1. The average Bonchev–Trinajstić information content (AvgIpc) is 3.20. The number of aromatic nitrogens is 3. The fourth-order valence-corrected chi connectivity index (χ4v) is 3.70. The summed E-state index contributed by atoms with van der Waals surface area (Å²) in [6.07, 6.45) is 2.36. The predicted octanol–water partition coefficient (Wildman–Crippen LogP) is 4.18.